The van der Waals surface area contributed by atoms with Crippen LogP contribution in [-0.4, -0.2) is 17.2 Å². The van der Waals surface area contributed by atoms with Crippen LogP contribution in [0.15, 0.2) is 146 Å². The van der Waals surface area contributed by atoms with Gasteiger partial charge in [-0.05, 0) is 83.0 Å². The standard InChI is InChI=1S/C19H17N.C13H12ClN.C6H7BO2/c1-14-7-5-6-10-17(14)18-13-16(11-12-19(18)20)15-8-3-2-4-9-15;1-9-4-2-3-5-11(9)12-8-10(14)6-7-13(12)15;8-7(9)6-4-2-1-3-5-6/h2-13H,20H2,1H3;2-8H,15H2,1H3;1-5,8-9H. The molecule has 0 aliphatic heterocycles. The molecule has 0 fully saturated rings. The van der Waals surface area contributed by atoms with Gasteiger partial charge in [0, 0.05) is 27.5 Å². The SMILES string of the molecule is Cc1ccccc1-c1cc(-c2ccccc2)ccc1N.Cc1ccccc1-c1cc(Cl)ccc1N.OB(O)c1ccccc1. The number of rotatable bonds is 4. The van der Waals surface area contributed by atoms with E-state index in [2.05, 4.69) is 86.6 Å². The molecule has 0 spiro atoms. The Kier molecular flexibility index (Phi) is 11.4. The predicted molar refractivity (Wildman–Crippen MR) is 189 cm³/mol. The minimum atomic E-state index is -1.34. The van der Waals surface area contributed by atoms with Crippen LogP contribution in [0.1, 0.15) is 11.1 Å². The Labute approximate surface area is 265 Å². The van der Waals surface area contributed by atoms with Crippen LogP contribution in [0.3, 0.4) is 0 Å². The Morgan fingerprint density at radius 2 is 0.932 bits per heavy atom. The van der Waals surface area contributed by atoms with E-state index in [1.165, 1.54) is 27.8 Å². The highest BCUT2D eigenvalue weighted by Gasteiger charge is 2.09. The van der Waals surface area contributed by atoms with Crippen molar-refractivity contribution in [1.82, 2.24) is 0 Å². The fourth-order valence-corrected chi connectivity index (χ4v) is 4.91. The second kappa shape index (κ2) is 15.6. The lowest BCUT2D eigenvalue weighted by Crippen LogP contribution is -2.29. The summed E-state index contributed by atoms with van der Waals surface area (Å²) in [5.74, 6) is 0. The van der Waals surface area contributed by atoms with Crippen molar-refractivity contribution in [2.75, 3.05) is 11.5 Å². The van der Waals surface area contributed by atoms with Gasteiger partial charge in [-0.3, -0.25) is 0 Å². The van der Waals surface area contributed by atoms with Gasteiger partial charge >= 0.3 is 7.12 Å². The second-order valence-electron chi connectivity index (χ2n) is 10.3. The molecule has 0 aliphatic rings. The topological polar surface area (TPSA) is 92.5 Å². The van der Waals surface area contributed by atoms with Gasteiger partial charge < -0.3 is 21.5 Å². The lowest BCUT2D eigenvalue weighted by molar-refractivity contribution is 0.426. The quantitative estimate of drug-likeness (QED) is 0.122. The molecule has 6 aromatic rings. The zero-order chi connectivity index (χ0) is 31.5. The summed E-state index contributed by atoms with van der Waals surface area (Å²) in [7, 11) is -1.34. The first-order valence-corrected chi connectivity index (χ1v) is 14.7. The monoisotopic (exact) mass is 598 g/mol. The molecule has 6 aromatic carbocycles. The molecule has 0 saturated heterocycles. The molecule has 6 heteroatoms. The summed E-state index contributed by atoms with van der Waals surface area (Å²) in [6.45, 7) is 4.18. The minimum absolute atomic E-state index is 0.525. The average molecular weight is 599 g/mol. The summed E-state index contributed by atoms with van der Waals surface area (Å²) < 4.78 is 0. The average Bonchev–Trinajstić information content (AvgIpc) is 3.05. The third-order valence-corrected chi connectivity index (χ3v) is 7.38. The van der Waals surface area contributed by atoms with Gasteiger partial charge in [0.15, 0.2) is 0 Å². The van der Waals surface area contributed by atoms with Crippen LogP contribution in [0.25, 0.3) is 33.4 Å². The van der Waals surface area contributed by atoms with Crippen molar-refractivity contribution >= 4 is 35.6 Å². The van der Waals surface area contributed by atoms with Crippen molar-refractivity contribution in [2.24, 2.45) is 0 Å². The zero-order valence-electron chi connectivity index (χ0n) is 24.9. The molecule has 0 heterocycles. The largest absolute Gasteiger partial charge is 0.488 e. The number of anilines is 2. The van der Waals surface area contributed by atoms with E-state index in [1.54, 1.807) is 30.3 Å². The summed E-state index contributed by atoms with van der Waals surface area (Å²) in [5.41, 5.74) is 23.5. The van der Waals surface area contributed by atoms with Crippen LogP contribution in [0.5, 0.6) is 0 Å². The molecule has 0 radical (unpaired) electrons. The Balaban J connectivity index is 0.000000162. The van der Waals surface area contributed by atoms with Crippen molar-refractivity contribution in [3.63, 3.8) is 0 Å². The van der Waals surface area contributed by atoms with Crippen LogP contribution in [0, 0.1) is 13.8 Å². The van der Waals surface area contributed by atoms with Crippen molar-refractivity contribution < 1.29 is 10.0 Å². The molecule has 4 nitrogen and oxygen atoms in total. The minimum Gasteiger partial charge on any atom is -0.423 e. The third-order valence-electron chi connectivity index (χ3n) is 7.14. The molecule has 0 unspecified atom stereocenters. The molecular formula is C38H36BClN2O2. The Bertz CT molecular complexity index is 1790. The molecule has 0 amide bonds. The summed E-state index contributed by atoms with van der Waals surface area (Å²) in [6, 6.07) is 47.3. The van der Waals surface area contributed by atoms with Gasteiger partial charge in [-0.2, -0.15) is 0 Å². The number of halogens is 1. The Hall–Kier alpha value is -4.81. The highest BCUT2D eigenvalue weighted by molar-refractivity contribution is 6.58. The highest BCUT2D eigenvalue weighted by Crippen LogP contribution is 2.33. The maximum Gasteiger partial charge on any atom is 0.488 e. The van der Waals surface area contributed by atoms with E-state index < -0.39 is 7.12 Å². The zero-order valence-corrected chi connectivity index (χ0v) is 25.6. The van der Waals surface area contributed by atoms with Crippen molar-refractivity contribution in [3.8, 4) is 33.4 Å². The van der Waals surface area contributed by atoms with Crippen LogP contribution in [0.2, 0.25) is 5.02 Å². The number of hydrogen-bond donors (Lipinski definition) is 4. The molecule has 6 N–H and O–H groups in total. The van der Waals surface area contributed by atoms with E-state index >= 15 is 0 Å². The molecule has 0 aliphatic carbocycles. The third kappa shape index (κ3) is 8.62. The predicted octanol–water partition coefficient (Wildman–Crippen LogP) is 8.18. The molecular weight excluding hydrogens is 563 g/mol. The van der Waals surface area contributed by atoms with Gasteiger partial charge in [0.2, 0.25) is 0 Å². The summed E-state index contributed by atoms with van der Waals surface area (Å²) >= 11 is 5.96. The summed E-state index contributed by atoms with van der Waals surface area (Å²) in [4.78, 5) is 0. The number of benzene rings is 6. The van der Waals surface area contributed by atoms with E-state index in [1.807, 2.05) is 42.5 Å². The summed E-state index contributed by atoms with van der Waals surface area (Å²) in [6.07, 6.45) is 0. The maximum absolute atomic E-state index is 8.58. The van der Waals surface area contributed by atoms with Crippen LogP contribution in [0.4, 0.5) is 11.4 Å². The fraction of sp³-hybridized carbons (Fsp3) is 0.0526. The molecule has 44 heavy (non-hydrogen) atoms. The van der Waals surface area contributed by atoms with Crippen molar-refractivity contribution in [1.29, 1.82) is 0 Å². The first-order valence-electron chi connectivity index (χ1n) is 14.3. The Morgan fingerprint density at radius 3 is 1.43 bits per heavy atom. The van der Waals surface area contributed by atoms with Crippen molar-refractivity contribution in [2.45, 2.75) is 13.8 Å². The van der Waals surface area contributed by atoms with Crippen LogP contribution >= 0.6 is 11.6 Å². The summed E-state index contributed by atoms with van der Waals surface area (Å²) in [5, 5.41) is 17.9. The van der Waals surface area contributed by atoms with Gasteiger partial charge in [0.25, 0.3) is 0 Å². The van der Waals surface area contributed by atoms with Crippen LogP contribution in [-0.2, 0) is 0 Å². The van der Waals surface area contributed by atoms with Crippen LogP contribution < -0.4 is 16.9 Å². The first kappa shape index (κ1) is 32.1. The molecule has 0 saturated carbocycles. The number of aryl methyl sites for hydroxylation is 2. The van der Waals surface area contributed by atoms with Gasteiger partial charge in [0.1, 0.15) is 0 Å². The van der Waals surface area contributed by atoms with Gasteiger partial charge in [-0.1, -0.05) is 127 Å². The van der Waals surface area contributed by atoms with Gasteiger partial charge in [-0.15, -0.1) is 0 Å². The molecule has 0 aromatic heterocycles. The molecule has 0 bridgehead atoms. The number of hydrogen-bond acceptors (Lipinski definition) is 4. The van der Waals surface area contributed by atoms with E-state index in [0.29, 0.717) is 10.5 Å². The lowest BCUT2D eigenvalue weighted by Gasteiger charge is -2.11. The van der Waals surface area contributed by atoms with E-state index in [9.17, 15) is 0 Å². The second-order valence-corrected chi connectivity index (χ2v) is 10.8. The smallest absolute Gasteiger partial charge is 0.423 e. The van der Waals surface area contributed by atoms with E-state index in [4.69, 9.17) is 33.1 Å². The first-order chi connectivity index (χ1) is 21.2. The highest BCUT2D eigenvalue weighted by atomic mass is 35.5. The van der Waals surface area contributed by atoms with E-state index in [0.717, 1.165) is 28.1 Å². The maximum atomic E-state index is 8.58. The Morgan fingerprint density at radius 1 is 0.477 bits per heavy atom. The number of nitrogens with two attached hydrogens (primary N) is 2. The van der Waals surface area contributed by atoms with Crippen molar-refractivity contribution in [3.05, 3.63) is 162 Å². The molecule has 220 valence electrons. The van der Waals surface area contributed by atoms with Gasteiger partial charge in [-0.25, -0.2) is 0 Å². The number of nitrogen functional groups attached to an aromatic ring is 2. The normalized spacial score (nSPS) is 10.1. The fourth-order valence-electron chi connectivity index (χ4n) is 4.74. The van der Waals surface area contributed by atoms with Gasteiger partial charge in [0.05, 0.1) is 0 Å². The van der Waals surface area contributed by atoms with E-state index in [-0.39, 0.29) is 0 Å². The molecule has 0 atom stereocenters. The molecule has 6 rings (SSSR count). The lowest BCUT2D eigenvalue weighted by atomic mass is 9.81.